The predicted octanol–water partition coefficient (Wildman–Crippen LogP) is 3.83. The Balaban J connectivity index is 1.58. The first kappa shape index (κ1) is 22.0. The minimum absolute atomic E-state index is 0.0448. The number of aromatic nitrogens is 5. The molecule has 3 aromatic heterocycles. The van der Waals surface area contributed by atoms with Gasteiger partial charge in [-0.25, -0.2) is 18.2 Å². The van der Waals surface area contributed by atoms with Crippen molar-refractivity contribution in [1.82, 2.24) is 24.1 Å². The fraction of sp³-hybridized carbons (Fsp3) is 0.208. The van der Waals surface area contributed by atoms with Crippen LogP contribution in [0.4, 0.5) is 13.2 Å². The molecule has 0 N–H and O–H groups in total. The molecule has 1 atom stereocenters. The van der Waals surface area contributed by atoms with Crippen molar-refractivity contribution in [3.8, 4) is 29.0 Å². The Hall–Kier alpha value is -4.50. The Morgan fingerprint density at radius 3 is 2.75 bits per heavy atom. The fourth-order valence-corrected chi connectivity index (χ4v) is 4.52. The van der Waals surface area contributed by atoms with Gasteiger partial charge in [-0.2, -0.15) is 10.2 Å². The number of ether oxygens (including phenoxy) is 1. The van der Waals surface area contributed by atoms with Crippen LogP contribution in [0.2, 0.25) is 0 Å². The first-order chi connectivity index (χ1) is 17.5. The largest absolute Gasteiger partial charge is 0.376 e. The van der Waals surface area contributed by atoms with Gasteiger partial charge < -0.3 is 13.8 Å². The highest BCUT2D eigenvalue weighted by Crippen LogP contribution is 2.29. The normalized spacial score (nSPS) is 15.7. The Kier molecular flexibility index (Phi) is 5.08. The first-order valence-corrected chi connectivity index (χ1v) is 11.0. The third kappa shape index (κ3) is 3.36. The van der Waals surface area contributed by atoms with Gasteiger partial charge in [0, 0.05) is 12.7 Å². The standard InChI is InChI=1S/C24H15F3N6O3/c25-12-3-4-14(17(27)8-12)23-30-22(31-36-23)19-21-24(34)32(10-13-2-1-7-35-13)20-15(9-28)16(26)5-6-18(20)33(21)11-29-19/h3-6,8,11,13H,1-2,7,10H2. The molecule has 0 amide bonds. The molecule has 2 aromatic carbocycles. The summed E-state index contributed by atoms with van der Waals surface area (Å²) < 4.78 is 55.7. The van der Waals surface area contributed by atoms with Crippen molar-refractivity contribution in [1.29, 1.82) is 5.26 Å². The molecule has 1 aliphatic rings. The summed E-state index contributed by atoms with van der Waals surface area (Å²) in [7, 11) is 0. The van der Waals surface area contributed by atoms with Crippen molar-refractivity contribution >= 4 is 16.6 Å². The van der Waals surface area contributed by atoms with Gasteiger partial charge in [-0.1, -0.05) is 5.16 Å². The maximum atomic E-state index is 14.6. The van der Waals surface area contributed by atoms with E-state index in [-0.39, 0.29) is 52.2 Å². The number of hydrogen-bond acceptors (Lipinski definition) is 7. The van der Waals surface area contributed by atoms with E-state index < -0.39 is 23.0 Å². The van der Waals surface area contributed by atoms with Crippen LogP contribution in [0, 0.1) is 28.8 Å². The zero-order valence-corrected chi connectivity index (χ0v) is 18.4. The first-order valence-electron chi connectivity index (χ1n) is 11.0. The molecule has 1 fully saturated rings. The van der Waals surface area contributed by atoms with Gasteiger partial charge in [-0.15, -0.1) is 0 Å². The topological polar surface area (TPSA) is 111 Å². The molecule has 9 nitrogen and oxygen atoms in total. The lowest BCUT2D eigenvalue weighted by atomic mass is 10.1. The molecule has 0 spiro atoms. The van der Waals surface area contributed by atoms with Gasteiger partial charge in [0.25, 0.3) is 11.4 Å². The summed E-state index contributed by atoms with van der Waals surface area (Å²) in [6.45, 7) is 0.648. The Morgan fingerprint density at radius 2 is 2.00 bits per heavy atom. The van der Waals surface area contributed by atoms with Gasteiger partial charge in [-0.3, -0.25) is 9.20 Å². The minimum Gasteiger partial charge on any atom is -0.376 e. The predicted molar refractivity (Wildman–Crippen MR) is 119 cm³/mol. The van der Waals surface area contributed by atoms with Crippen LogP contribution in [0.5, 0.6) is 0 Å². The molecule has 4 heterocycles. The van der Waals surface area contributed by atoms with E-state index in [0.29, 0.717) is 24.6 Å². The third-order valence-corrected chi connectivity index (χ3v) is 6.17. The Labute approximate surface area is 200 Å². The molecule has 5 aromatic rings. The maximum absolute atomic E-state index is 14.6. The number of nitrogens with zero attached hydrogens (tertiary/aromatic N) is 6. The quantitative estimate of drug-likeness (QED) is 0.375. The summed E-state index contributed by atoms with van der Waals surface area (Å²) in [6, 6.07) is 7.35. The molecule has 6 rings (SSSR count). The summed E-state index contributed by atoms with van der Waals surface area (Å²) in [5, 5.41) is 13.5. The van der Waals surface area contributed by atoms with Crippen molar-refractivity contribution in [2.75, 3.05) is 6.61 Å². The fourth-order valence-electron chi connectivity index (χ4n) is 4.52. The molecule has 12 heteroatoms. The lowest BCUT2D eigenvalue weighted by Crippen LogP contribution is -2.29. The zero-order valence-electron chi connectivity index (χ0n) is 18.4. The summed E-state index contributed by atoms with van der Waals surface area (Å²) in [6.07, 6.45) is 2.58. The summed E-state index contributed by atoms with van der Waals surface area (Å²) in [4.78, 5) is 22.2. The monoisotopic (exact) mass is 492 g/mol. The molecule has 0 radical (unpaired) electrons. The van der Waals surface area contributed by atoms with E-state index in [2.05, 4.69) is 15.1 Å². The third-order valence-electron chi connectivity index (χ3n) is 6.17. The molecule has 180 valence electrons. The second-order valence-corrected chi connectivity index (χ2v) is 8.31. The summed E-state index contributed by atoms with van der Waals surface area (Å²) in [5.74, 6) is -2.73. The molecule has 1 unspecified atom stereocenters. The molecule has 0 aliphatic carbocycles. The smallest absolute Gasteiger partial charge is 0.277 e. The van der Waals surface area contributed by atoms with E-state index in [9.17, 15) is 23.2 Å². The van der Waals surface area contributed by atoms with Crippen molar-refractivity contribution < 1.29 is 22.4 Å². The van der Waals surface area contributed by atoms with Crippen LogP contribution in [-0.2, 0) is 11.3 Å². The van der Waals surface area contributed by atoms with E-state index in [1.807, 2.05) is 6.07 Å². The molecule has 0 bridgehead atoms. The minimum atomic E-state index is -0.893. The van der Waals surface area contributed by atoms with Gasteiger partial charge >= 0.3 is 0 Å². The van der Waals surface area contributed by atoms with Crippen molar-refractivity contribution in [2.45, 2.75) is 25.5 Å². The number of rotatable bonds is 4. The zero-order chi connectivity index (χ0) is 25.0. The van der Waals surface area contributed by atoms with E-state index in [1.54, 1.807) is 0 Å². The van der Waals surface area contributed by atoms with Crippen LogP contribution < -0.4 is 5.56 Å². The Bertz CT molecular complexity index is 1760. The number of fused-ring (bicyclic) bond motifs is 3. The van der Waals surface area contributed by atoms with Crippen molar-refractivity contribution in [3.63, 3.8) is 0 Å². The highest BCUT2D eigenvalue weighted by atomic mass is 19.1. The van der Waals surface area contributed by atoms with Crippen LogP contribution in [0.15, 0.2) is 46.0 Å². The van der Waals surface area contributed by atoms with Crippen molar-refractivity contribution in [2.24, 2.45) is 0 Å². The van der Waals surface area contributed by atoms with Gasteiger partial charge in [0.05, 0.1) is 29.2 Å². The number of hydrogen-bond donors (Lipinski definition) is 0. The van der Waals surface area contributed by atoms with Gasteiger partial charge in [-0.05, 0) is 37.1 Å². The maximum Gasteiger partial charge on any atom is 0.277 e. The molecule has 36 heavy (non-hydrogen) atoms. The van der Waals surface area contributed by atoms with Gasteiger partial charge in [0.15, 0.2) is 0 Å². The second kappa shape index (κ2) is 8.31. The average Bonchev–Trinajstić information content (AvgIpc) is 3.62. The van der Waals surface area contributed by atoms with E-state index in [4.69, 9.17) is 9.26 Å². The van der Waals surface area contributed by atoms with Crippen LogP contribution in [-0.4, -0.2) is 36.8 Å². The number of imidazole rings is 1. The molecule has 1 saturated heterocycles. The molecular weight excluding hydrogens is 477 g/mol. The molecule has 0 saturated carbocycles. The molecular formula is C24H15F3N6O3. The highest BCUT2D eigenvalue weighted by molar-refractivity contribution is 5.87. The van der Waals surface area contributed by atoms with Gasteiger partial charge in [0.1, 0.15) is 46.6 Å². The average molecular weight is 492 g/mol. The van der Waals surface area contributed by atoms with E-state index >= 15 is 0 Å². The SMILES string of the molecule is N#Cc1c(F)ccc2c1n(CC1CCCO1)c(=O)c1c(-c3noc(-c4ccc(F)cc4F)n3)ncn12. The number of benzene rings is 2. The lowest BCUT2D eigenvalue weighted by Gasteiger charge is -2.17. The van der Waals surface area contributed by atoms with Crippen LogP contribution in [0.25, 0.3) is 39.5 Å². The number of halogens is 3. The van der Waals surface area contributed by atoms with Crippen LogP contribution in [0.3, 0.4) is 0 Å². The summed E-state index contributed by atoms with van der Waals surface area (Å²) >= 11 is 0. The molecule has 1 aliphatic heterocycles. The second-order valence-electron chi connectivity index (χ2n) is 8.31. The Morgan fingerprint density at radius 1 is 1.14 bits per heavy atom. The van der Waals surface area contributed by atoms with Crippen LogP contribution >= 0.6 is 0 Å². The van der Waals surface area contributed by atoms with Crippen molar-refractivity contribution in [3.05, 3.63) is 70.0 Å². The van der Waals surface area contributed by atoms with E-state index in [1.165, 1.54) is 21.4 Å². The number of nitriles is 1. The van der Waals surface area contributed by atoms with E-state index in [0.717, 1.165) is 24.6 Å². The lowest BCUT2D eigenvalue weighted by molar-refractivity contribution is 0.0972. The van der Waals surface area contributed by atoms with Crippen LogP contribution in [0.1, 0.15) is 18.4 Å². The van der Waals surface area contributed by atoms with Gasteiger partial charge in [0.2, 0.25) is 5.82 Å². The highest BCUT2D eigenvalue weighted by Gasteiger charge is 2.26. The summed E-state index contributed by atoms with van der Waals surface area (Å²) in [5.41, 5.74) is -0.357.